The van der Waals surface area contributed by atoms with Crippen molar-refractivity contribution in [2.45, 2.75) is 378 Å². The lowest BCUT2D eigenvalue weighted by Crippen LogP contribution is -2.60. The predicted octanol–water partition coefficient (Wildman–Crippen LogP) is 23.4. The maximum Gasteiger partial charge on any atom is 0.220 e. The van der Waals surface area contributed by atoms with Crippen LogP contribution in [0.5, 0.6) is 0 Å². The van der Waals surface area contributed by atoms with Gasteiger partial charge in [-0.3, -0.25) is 4.79 Å². The van der Waals surface area contributed by atoms with Crippen molar-refractivity contribution in [1.29, 1.82) is 0 Å². The quantitative estimate of drug-likeness (QED) is 0.0261. The summed E-state index contributed by atoms with van der Waals surface area (Å²) in [5.74, 6) is -0.203. The summed E-state index contributed by atoms with van der Waals surface area (Å²) < 4.78 is 11.3. The summed E-state index contributed by atoms with van der Waals surface area (Å²) in [6, 6.07) is -0.833. The number of hydrogen-bond acceptors (Lipinski definition) is 8. The minimum atomic E-state index is -1.58. The van der Waals surface area contributed by atoms with E-state index in [1.54, 1.807) is 6.08 Å². The predicted molar refractivity (Wildman–Crippen MR) is 419 cm³/mol. The van der Waals surface area contributed by atoms with Crippen molar-refractivity contribution in [3.63, 3.8) is 0 Å². The van der Waals surface area contributed by atoms with Gasteiger partial charge in [-0.25, -0.2) is 0 Å². The molecule has 0 bridgehead atoms. The molecule has 1 saturated heterocycles. The van der Waals surface area contributed by atoms with Crippen LogP contribution in [0.25, 0.3) is 0 Å². The number of aliphatic hydroxyl groups excluding tert-OH is 5. The van der Waals surface area contributed by atoms with E-state index in [9.17, 15) is 30.3 Å². The van der Waals surface area contributed by atoms with E-state index < -0.39 is 49.5 Å². The number of rotatable bonds is 69. The van der Waals surface area contributed by atoms with Crippen molar-refractivity contribution >= 4 is 5.91 Å². The Bertz CT molecular complexity index is 2110. The molecule has 9 nitrogen and oxygen atoms in total. The first-order valence-corrected chi connectivity index (χ1v) is 40.2. The number of carbonyl (C=O) groups is 1. The maximum atomic E-state index is 13.2. The average Bonchev–Trinajstić information content (AvgIpc) is 0.854. The highest BCUT2D eigenvalue weighted by molar-refractivity contribution is 5.76. The second-order valence-corrected chi connectivity index (χ2v) is 27.1. The van der Waals surface area contributed by atoms with Crippen molar-refractivity contribution < 1.29 is 39.8 Å². The Balaban J connectivity index is 2.15. The van der Waals surface area contributed by atoms with Gasteiger partial charge in [0.1, 0.15) is 24.4 Å². The second-order valence-electron chi connectivity index (χ2n) is 27.1. The number of carbonyl (C=O) groups excluding carboxylic acids is 1. The molecule has 7 atom stereocenters. The molecule has 0 radical (unpaired) electrons. The Labute approximate surface area is 596 Å². The zero-order valence-electron chi connectivity index (χ0n) is 62.3. The molecule has 97 heavy (non-hydrogen) atoms. The van der Waals surface area contributed by atoms with E-state index in [1.165, 1.54) is 186 Å². The molecule has 1 heterocycles. The molecule has 9 heteroatoms. The highest BCUT2D eigenvalue weighted by Gasteiger charge is 2.44. The van der Waals surface area contributed by atoms with Gasteiger partial charge >= 0.3 is 0 Å². The van der Waals surface area contributed by atoms with Gasteiger partial charge < -0.3 is 40.3 Å². The van der Waals surface area contributed by atoms with Gasteiger partial charge in [-0.15, -0.1) is 0 Å². The van der Waals surface area contributed by atoms with E-state index in [4.69, 9.17) is 9.47 Å². The van der Waals surface area contributed by atoms with E-state index in [0.717, 1.165) is 128 Å². The van der Waals surface area contributed by atoms with Crippen molar-refractivity contribution in [2.24, 2.45) is 0 Å². The first-order chi connectivity index (χ1) is 47.8. The largest absolute Gasteiger partial charge is 0.394 e. The fraction of sp³-hybridized carbons (Fsp3) is 0.693. The third kappa shape index (κ3) is 62.5. The molecule has 7 unspecified atom stereocenters. The first kappa shape index (κ1) is 90.8. The van der Waals surface area contributed by atoms with Crippen molar-refractivity contribution in [3.05, 3.63) is 158 Å². The van der Waals surface area contributed by atoms with Gasteiger partial charge in [0, 0.05) is 6.42 Å². The SMILES string of the molecule is CC/C=C\C/C=C\C/C=C\C/C=C\C/C=C\C/C=C\C/C=C\C/C=C\C/C=C\C/C=C\C/C=C\C/C=C\CCCCCCC(=O)NC(COC1OC(CO)C(O)C(O)C1O)C(O)/C=C/CCCCCCCCCCCCCCCCCCCCCCCCCCCCCCCCC. The van der Waals surface area contributed by atoms with Gasteiger partial charge in [0.05, 0.1) is 25.4 Å². The Morgan fingerprint density at radius 2 is 0.639 bits per heavy atom. The van der Waals surface area contributed by atoms with Gasteiger partial charge in [0.2, 0.25) is 5.91 Å². The highest BCUT2D eigenvalue weighted by Crippen LogP contribution is 2.23. The monoisotopic (exact) mass is 1350 g/mol. The lowest BCUT2D eigenvalue weighted by Gasteiger charge is -2.40. The number of unbranched alkanes of at least 4 members (excludes halogenated alkanes) is 35. The minimum absolute atomic E-state index is 0.203. The molecule has 1 aliphatic heterocycles. The molecule has 0 aromatic heterocycles. The molecule has 0 aliphatic carbocycles. The molecule has 0 spiro atoms. The van der Waals surface area contributed by atoms with E-state index in [0.29, 0.717) is 6.42 Å². The molecule has 1 amide bonds. The standard InChI is InChI=1S/C88H149NO8/c1-3-5-7-9-11-13-15-17-19-21-23-25-27-29-31-33-35-37-38-39-40-41-42-43-44-46-48-50-52-54-56-58-60-62-64-66-68-70-72-74-76-78-84(92)89-81(80-96-88-87(95)86(94)85(93)83(79-90)97-88)82(91)77-75-73-71-69-67-65-63-61-59-57-55-53-51-49-47-45-36-34-32-30-28-26-24-22-20-18-16-14-12-10-8-6-4-2/h5,7,11,13,17,19,23,25,29,31,35,37,39-40,42-43,46,48,52,54,58,60,64,66,75,77,81-83,85-88,90-91,93-95H,3-4,6,8-10,12,14-16,18,20-22,24,26-28,30,32-34,36,38,41,44-45,47,49-51,53,55-57,59,61-63,65,67-74,76,78-80H2,1-2H3,(H,89,92)/b7-5-,13-11-,19-17-,25-23-,31-29-,37-35-,40-39-,43-42-,48-46-,54-52-,60-58-,66-64-,77-75+. The fourth-order valence-electron chi connectivity index (χ4n) is 11.9. The van der Waals surface area contributed by atoms with Gasteiger partial charge in [0.25, 0.3) is 0 Å². The zero-order chi connectivity index (χ0) is 69.9. The molecule has 1 aliphatic rings. The Kier molecular flexibility index (Phi) is 69.8. The molecule has 1 rings (SSSR count). The lowest BCUT2D eigenvalue weighted by atomic mass is 9.99. The number of nitrogens with one attached hydrogen (secondary N) is 1. The average molecular weight is 1350 g/mol. The Morgan fingerprint density at radius 1 is 0.361 bits per heavy atom. The Hall–Kier alpha value is -4.19. The van der Waals surface area contributed by atoms with E-state index >= 15 is 0 Å². The van der Waals surface area contributed by atoms with Gasteiger partial charge in [-0.1, -0.05) is 377 Å². The van der Waals surface area contributed by atoms with Crippen LogP contribution in [0, 0.1) is 0 Å². The van der Waals surface area contributed by atoms with Crippen molar-refractivity contribution in [2.75, 3.05) is 13.2 Å². The molecular weight excluding hydrogens is 1200 g/mol. The topological polar surface area (TPSA) is 149 Å². The maximum absolute atomic E-state index is 13.2. The molecular formula is C88H149NO8. The minimum Gasteiger partial charge on any atom is -0.394 e. The fourth-order valence-corrected chi connectivity index (χ4v) is 11.9. The van der Waals surface area contributed by atoms with E-state index in [-0.39, 0.29) is 12.5 Å². The summed E-state index contributed by atoms with van der Waals surface area (Å²) in [5.41, 5.74) is 0. The van der Waals surface area contributed by atoms with Crippen LogP contribution >= 0.6 is 0 Å². The molecule has 1 fully saturated rings. The van der Waals surface area contributed by atoms with Crippen LogP contribution in [0.3, 0.4) is 0 Å². The molecule has 0 saturated carbocycles. The first-order valence-electron chi connectivity index (χ1n) is 40.2. The van der Waals surface area contributed by atoms with Crippen LogP contribution in [0.4, 0.5) is 0 Å². The van der Waals surface area contributed by atoms with Crippen LogP contribution in [0.1, 0.15) is 335 Å². The highest BCUT2D eigenvalue weighted by atomic mass is 16.7. The van der Waals surface area contributed by atoms with Gasteiger partial charge in [-0.05, 0) is 109 Å². The number of hydrogen-bond donors (Lipinski definition) is 6. The van der Waals surface area contributed by atoms with Gasteiger partial charge in [-0.2, -0.15) is 0 Å². The van der Waals surface area contributed by atoms with Crippen LogP contribution in [-0.4, -0.2) is 87.5 Å². The second kappa shape index (κ2) is 74.5. The van der Waals surface area contributed by atoms with Crippen LogP contribution in [-0.2, 0) is 14.3 Å². The zero-order valence-corrected chi connectivity index (χ0v) is 62.3. The van der Waals surface area contributed by atoms with Crippen molar-refractivity contribution in [1.82, 2.24) is 5.32 Å². The van der Waals surface area contributed by atoms with Crippen LogP contribution in [0.15, 0.2) is 158 Å². The third-order valence-corrected chi connectivity index (χ3v) is 18.1. The number of ether oxygens (including phenoxy) is 2. The molecule has 554 valence electrons. The number of allylic oxidation sites excluding steroid dienone is 25. The summed E-state index contributed by atoms with van der Waals surface area (Å²) in [6.07, 6.45) is 109. The van der Waals surface area contributed by atoms with E-state index in [2.05, 4.69) is 165 Å². The molecule has 0 aromatic rings. The summed E-state index contributed by atoms with van der Waals surface area (Å²) in [6.45, 7) is 3.68. The van der Waals surface area contributed by atoms with Crippen LogP contribution < -0.4 is 5.32 Å². The smallest absolute Gasteiger partial charge is 0.220 e. The number of aliphatic hydroxyl groups is 5. The summed E-state index contributed by atoms with van der Waals surface area (Å²) in [4.78, 5) is 13.2. The lowest BCUT2D eigenvalue weighted by molar-refractivity contribution is -0.302. The molecule has 6 N–H and O–H groups in total. The van der Waals surface area contributed by atoms with Crippen LogP contribution in [0.2, 0.25) is 0 Å². The molecule has 0 aromatic carbocycles. The third-order valence-electron chi connectivity index (χ3n) is 18.1. The summed E-state index contributed by atoms with van der Waals surface area (Å²) in [7, 11) is 0. The van der Waals surface area contributed by atoms with E-state index in [1.807, 2.05) is 6.08 Å². The summed E-state index contributed by atoms with van der Waals surface area (Å²) in [5, 5.41) is 54.9. The number of amides is 1. The Morgan fingerprint density at radius 3 is 0.948 bits per heavy atom. The summed E-state index contributed by atoms with van der Waals surface area (Å²) >= 11 is 0. The normalized spacial score (nSPS) is 18.3. The van der Waals surface area contributed by atoms with Crippen molar-refractivity contribution in [3.8, 4) is 0 Å². The van der Waals surface area contributed by atoms with Gasteiger partial charge in [0.15, 0.2) is 6.29 Å².